The molecule has 0 aliphatic carbocycles. The highest BCUT2D eigenvalue weighted by molar-refractivity contribution is 6.22. The van der Waals surface area contributed by atoms with Gasteiger partial charge in [0.15, 0.2) is 0 Å². The van der Waals surface area contributed by atoms with Gasteiger partial charge in [-0.1, -0.05) is 30.3 Å². The fourth-order valence-corrected chi connectivity index (χ4v) is 4.59. The Morgan fingerprint density at radius 3 is 2.57 bits per heavy atom. The van der Waals surface area contributed by atoms with Crippen LogP contribution in [0.4, 0.5) is 11.4 Å². The van der Waals surface area contributed by atoms with Crippen LogP contribution in [0.25, 0.3) is 0 Å². The van der Waals surface area contributed by atoms with E-state index in [1.165, 1.54) is 12.8 Å². The molecule has 1 saturated heterocycles. The van der Waals surface area contributed by atoms with Gasteiger partial charge in [0, 0.05) is 36.3 Å². The Bertz CT molecular complexity index is 993. The first kappa shape index (κ1) is 17.0. The van der Waals surface area contributed by atoms with Crippen LogP contribution in [-0.2, 0) is 16.0 Å². The largest absolute Gasteiger partial charge is 0.372 e. The lowest BCUT2D eigenvalue weighted by Crippen LogP contribution is -2.46. The van der Waals surface area contributed by atoms with Gasteiger partial charge in [0.05, 0.1) is 11.4 Å². The summed E-state index contributed by atoms with van der Waals surface area (Å²) in [5.74, 6) is -0.648. The molecule has 5 rings (SSSR count). The van der Waals surface area contributed by atoms with E-state index >= 15 is 0 Å². The maximum absolute atomic E-state index is 12.9. The van der Waals surface area contributed by atoms with Crippen LogP contribution in [0.3, 0.4) is 0 Å². The molecule has 28 heavy (non-hydrogen) atoms. The van der Waals surface area contributed by atoms with Crippen LogP contribution in [0, 0.1) is 0 Å². The number of carbonyl (C=O) groups is 2. The van der Waals surface area contributed by atoms with Crippen molar-refractivity contribution in [2.45, 2.75) is 25.3 Å². The van der Waals surface area contributed by atoms with Gasteiger partial charge >= 0.3 is 0 Å². The number of amides is 2. The van der Waals surface area contributed by atoms with Gasteiger partial charge in [0.1, 0.15) is 12.6 Å². The van der Waals surface area contributed by atoms with E-state index in [0.717, 1.165) is 46.9 Å². The minimum Gasteiger partial charge on any atom is -0.372 e. The lowest BCUT2D eigenvalue weighted by Gasteiger charge is -2.24. The Balaban J connectivity index is 1.73. The average molecular weight is 374 g/mol. The third kappa shape index (κ3) is 2.59. The van der Waals surface area contributed by atoms with Crippen LogP contribution in [0.2, 0.25) is 0 Å². The number of hydrogen-bond acceptors (Lipinski definition) is 4. The molecule has 0 unspecified atom stereocenters. The summed E-state index contributed by atoms with van der Waals surface area (Å²) in [6, 6.07) is 13.5. The first-order valence-electron chi connectivity index (χ1n) is 9.77. The Hall–Kier alpha value is -3.15. The van der Waals surface area contributed by atoms with Crippen LogP contribution in [0.15, 0.2) is 47.5 Å². The molecular weight excluding hydrogens is 352 g/mol. The summed E-state index contributed by atoms with van der Waals surface area (Å²) in [5.41, 5.74) is 11.3. The summed E-state index contributed by atoms with van der Waals surface area (Å²) >= 11 is 0. The molecule has 2 aromatic rings. The number of nitrogens with zero attached hydrogens (tertiary/aromatic N) is 3. The predicted molar refractivity (Wildman–Crippen MR) is 109 cm³/mol. The number of rotatable bonds is 3. The number of benzene rings is 2. The first-order chi connectivity index (χ1) is 13.6. The van der Waals surface area contributed by atoms with E-state index in [1.54, 1.807) is 4.90 Å². The van der Waals surface area contributed by atoms with Gasteiger partial charge in [-0.25, -0.2) is 0 Å². The summed E-state index contributed by atoms with van der Waals surface area (Å²) < 4.78 is 0. The molecule has 0 aromatic heterocycles. The van der Waals surface area contributed by atoms with E-state index in [9.17, 15) is 9.59 Å². The maximum atomic E-state index is 12.9. The minimum atomic E-state index is -0.639. The van der Waals surface area contributed by atoms with Crippen LogP contribution in [-0.4, -0.2) is 43.2 Å². The van der Waals surface area contributed by atoms with Crippen LogP contribution in [0.5, 0.6) is 0 Å². The summed E-state index contributed by atoms with van der Waals surface area (Å²) in [7, 11) is 0. The molecule has 0 spiro atoms. The van der Waals surface area contributed by atoms with E-state index in [0.29, 0.717) is 6.42 Å². The van der Waals surface area contributed by atoms with Gasteiger partial charge in [0.2, 0.25) is 11.8 Å². The standard InChI is InChI=1S/C22H22N4O2/c23-22(28)18-11-15-10-16(25-8-4-5-9-25)12-17-20(14-6-2-1-3-7-14)24-13-19(27)26(18)21(15)17/h1-3,6-7,10,12,18H,4-5,8-9,11,13H2,(H2,23,28)/t18-/m0/s1. The van der Waals surface area contributed by atoms with Crippen molar-refractivity contribution in [3.05, 3.63) is 59.2 Å². The van der Waals surface area contributed by atoms with Crippen molar-refractivity contribution in [1.29, 1.82) is 0 Å². The van der Waals surface area contributed by atoms with Crippen molar-refractivity contribution in [2.75, 3.05) is 29.4 Å². The molecule has 6 heteroatoms. The lowest BCUT2D eigenvalue weighted by molar-refractivity contribution is -0.123. The van der Waals surface area contributed by atoms with Gasteiger partial charge in [0.25, 0.3) is 0 Å². The summed E-state index contributed by atoms with van der Waals surface area (Å²) in [4.78, 5) is 33.6. The average Bonchev–Trinajstić information content (AvgIpc) is 3.33. The zero-order chi connectivity index (χ0) is 19.3. The second-order valence-electron chi connectivity index (χ2n) is 7.61. The van der Waals surface area contributed by atoms with Gasteiger partial charge in [-0.3, -0.25) is 19.5 Å². The molecule has 3 aliphatic rings. The summed E-state index contributed by atoms with van der Waals surface area (Å²) in [6.45, 7) is 2.07. The van der Waals surface area contributed by atoms with E-state index in [1.807, 2.05) is 30.3 Å². The number of aliphatic imine (C=N–C) groups is 1. The molecule has 6 nitrogen and oxygen atoms in total. The van der Waals surface area contributed by atoms with E-state index in [-0.39, 0.29) is 12.5 Å². The maximum Gasteiger partial charge on any atom is 0.249 e. The molecule has 1 atom stereocenters. The zero-order valence-corrected chi connectivity index (χ0v) is 15.6. The van der Waals surface area contributed by atoms with Crippen LogP contribution in [0.1, 0.15) is 29.5 Å². The van der Waals surface area contributed by atoms with E-state index in [4.69, 9.17) is 5.73 Å². The Morgan fingerprint density at radius 1 is 1.11 bits per heavy atom. The molecule has 2 aromatic carbocycles. The third-order valence-corrected chi connectivity index (χ3v) is 5.88. The Kier molecular flexibility index (Phi) is 3.93. The second-order valence-corrected chi connectivity index (χ2v) is 7.61. The number of anilines is 2. The van der Waals surface area contributed by atoms with Crippen molar-refractivity contribution in [3.63, 3.8) is 0 Å². The van der Waals surface area contributed by atoms with Gasteiger partial charge in [-0.2, -0.15) is 0 Å². The Morgan fingerprint density at radius 2 is 1.86 bits per heavy atom. The molecule has 3 aliphatic heterocycles. The molecule has 1 fully saturated rings. The predicted octanol–water partition coefficient (Wildman–Crippen LogP) is 1.88. The van der Waals surface area contributed by atoms with Gasteiger partial charge < -0.3 is 10.6 Å². The highest BCUT2D eigenvalue weighted by Gasteiger charge is 2.41. The minimum absolute atomic E-state index is 0.0151. The highest BCUT2D eigenvalue weighted by Crippen LogP contribution is 2.41. The van der Waals surface area contributed by atoms with Crippen molar-refractivity contribution in [3.8, 4) is 0 Å². The fraction of sp³-hybridized carbons (Fsp3) is 0.318. The lowest BCUT2D eigenvalue weighted by atomic mass is 9.96. The molecule has 0 radical (unpaired) electrons. The number of carbonyl (C=O) groups excluding carboxylic acids is 2. The molecule has 0 bridgehead atoms. The zero-order valence-electron chi connectivity index (χ0n) is 15.6. The normalized spacial score (nSPS) is 20.8. The number of primary amides is 1. The number of nitrogens with two attached hydrogens (primary N) is 1. The topological polar surface area (TPSA) is 79.0 Å². The molecular formula is C22H22N4O2. The quantitative estimate of drug-likeness (QED) is 0.891. The molecule has 2 amide bonds. The Labute approximate surface area is 163 Å². The van der Waals surface area contributed by atoms with Crippen LogP contribution < -0.4 is 15.5 Å². The highest BCUT2D eigenvalue weighted by atomic mass is 16.2. The van der Waals surface area contributed by atoms with Crippen molar-refractivity contribution in [1.82, 2.24) is 0 Å². The summed E-state index contributed by atoms with van der Waals surface area (Å²) in [5, 5.41) is 0. The van der Waals surface area contributed by atoms with Crippen molar-refractivity contribution >= 4 is 28.9 Å². The van der Waals surface area contributed by atoms with Crippen LogP contribution >= 0.6 is 0 Å². The number of hydrogen-bond donors (Lipinski definition) is 1. The second kappa shape index (κ2) is 6.48. The summed E-state index contributed by atoms with van der Waals surface area (Å²) in [6.07, 6.45) is 2.83. The SMILES string of the molecule is NC(=O)[C@@H]1Cc2cc(N3CCCC3)cc3c2N1C(=O)CN=C3c1ccccc1. The monoisotopic (exact) mass is 374 g/mol. The van der Waals surface area contributed by atoms with Gasteiger partial charge in [-0.15, -0.1) is 0 Å². The van der Waals surface area contributed by atoms with Crippen molar-refractivity contribution in [2.24, 2.45) is 10.7 Å². The molecule has 2 N–H and O–H groups in total. The van der Waals surface area contributed by atoms with E-state index < -0.39 is 11.9 Å². The molecule has 0 saturated carbocycles. The smallest absolute Gasteiger partial charge is 0.249 e. The first-order valence-corrected chi connectivity index (χ1v) is 9.77. The third-order valence-electron chi connectivity index (χ3n) is 5.88. The molecule has 142 valence electrons. The van der Waals surface area contributed by atoms with E-state index in [2.05, 4.69) is 22.0 Å². The fourth-order valence-electron chi connectivity index (χ4n) is 4.59. The van der Waals surface area contributed by atoms with Crippen molar-refractivity contribution < 1.29 is 9.59 Å². The van der Waals surface area contributed by atoms with Gasteiger partial charge in [-0.05, 0) is 30.5 Å². The molecule has 3 heterocycles.